The highest BCUT2D eigenvalue weighted by Gasteiger charge is 2.42. The van der Waals surface area contributed by atoms with E-state index < -0.39 is 5.60 Å². The minimum absolute atomic E-state index is 0.0166. The highest BCUT2D eigenvalue weighted by atomic mass is 16.6. The standard InChI is InChI=1S/C15H21NO3/c1-9-8-11-6-7-12(13(9)10(2)17)16(11)14(18)19-15(3,4)5/h6-7,11-12H,8H2,1-5H3. The Kier molecular flexibility index (Phi) is 3.29. The van der Waals surface area contributed by atoms with Gasteiger partial charge in [0, 0.05) is 5.57 Å². The van der Waals surface area contributed by atoms with E-state index in [-0.39, 0.29) is 24.0 Å². The second-order valence-corrected chi connectivity index (χ2v) is 6.24. The number of amides is 1. The van der Waals surface area contributed by atoms with Gasteiger partial charge in [-0.15, -0.1) is 0 Å². The minimum Gasteiger partial charge on any atom is -0.444 e. The number of hydrogen-bond donors (Lipinski definition) is 0. The van der Waals surface area contributed by atoms with Gasteiger partial charge in [0.2, 0.25) is 0 Å². The topological polar surface area (TPSA) is 46.6 Å². The van der Waals surface area contributed by atoms with Crippen molar-refractivity contribution in [3.05, 3.63) is 23.3 Å². The lowest BCUT2D eigenvalue weighted by Crippen LogP contribution is -2.49. The Hall–Kier alpha value is -1.58. The van der Waals surface area contributed by atoms with E-state index in [1.54, 1.807) is 11.8 Å². The molecule has 0 aromatic rings. The third-order valence-corrected chi connectivity index (χ3v) is 3.43. The fourth-order valence-electron chi connectivity index (χ4n) is 2.78. The van der Waals surface area contributed by atoms with Crippen LogP contribution in [0.4, 0.5) is 4.79 Å². The van der Waals surface area contributed by atoms with Gasteiger partial charge in [-0.3, -0.25) is 9.69 Å². The predicted molar refractivity (Wildman–Crippen MR) is 72.8 cm³/mol. The number of ether oxygens (including phenoxy) is 1. The van der Waals surface area contributed by atoms with E-state index in [4.69, 9.17) is 4.74 Å². The van der Waals surface area contributed by atoms with Gasteiger partial charge in [-0.05, 0) is 41.0 Å². The van der Waals surface area contributed by atoms with E-state index in [0.717, 1.165) is 11.1 Å². The van der Waals surface area contributed by atoms with Crippen molar-refractivity contribution in [3.63, 3.8) is 0 Å². The van der Waals surface area contributed by atoms with Crippen LogP contribution in [0, 0.1) is 0 Å². The number of fused-ring (bicyclic) bond motifs is 2. The Balaban J connectivity index is 2.27. The largest absolute Gasteiger partial charge is 0.444 e. The minimum atomic E-state index is -0.525. The van der Waals surface area contributed by atoms with E-state index in [1.165, 1.54) is 0 Å². The molecule has 0 aromatic carbocycles. The first kappa shape index (κ1) is 13.8. The maximum absolute atomic E-state index is 12.3. The van der Waals surface area contributed by atoms with Crippen LogP contribution in [0.1, 0.15) is 41.0 Å². The first-order chi connectivity index (χ1) is 8.70. The zero-order valence-corrected chi connectivity index (χ0v) is 12.2. The number of rotatable bonds is 1. The monoisotopic (exact) mass is 263 g/mol. The summed E-state index contributed by atoms with van der Waals surface area (Å²) < 4.78 is 5.43. The van der Waals surface area contributed by atoms with Crippen molar-refractivity contribution in [2.24, 2.45) is 0 Å². The van der Waals surface area contributed by atoms with Crippen LogP contribution >= 0.6 is 0 Å². The van der Waals surface area contributed by atoms with E-state index in [1.807, 2.05) is 39.8 Å². The summed E-state index contributed by atoms with van der Waals surface area (Å²) >= 11 is 0. The van der Waals surface area contributed by atoms with Crippen molar-refractivity contribution >= 4 is 11.9 Å². The van der Waals surface area contributed by atoms with Crippen molar-refractivity contribution in [2.45, 2.75) is 58.7 Å². The molecule has 1 amide bonds. The zero-order chi connectivity index (χ0) is 14.4. The lowest BCUT2D eigenvalue weighted by molar-refractivity contribution is -0.114. The summed E-state index contributed by atoms with van der Waals surface area (Å²) in [5.41, 5.74) is 1.28. The van der Waals surface area contributed by atoms with Gasteiger partial charge in [-0.1, -0.05) is 17.7 Å². The van der Waals surface area contributed by atoms with Crippen molar-refractivity contribution in [3.8, 4) is 0 Å². The van der Waals surface area contributed by atoms with Gasteiger partial charge in [0.05, 0.1) is 12.1 Å². The molecule has 0 radical (unpaired) electrons. The highest BCUT2D eigenvalue weighted by Crippen LogP contribution is 2.36. The van der Waals surface area contributed by atoms with Gasteiger partial charge in [0.1, 0.15) is 5.60 Å². The van der Waals surface area contributed by atoms with E-state index in [0.29, 0.717) is 6.42 Å². The van der Waals surface area contributed by atoms with Crippen molar-refractivity contribution in [1.82, 2.24) is 4.90 Å². The summed E-state index contributed by atoms with van der Waals surface area (Å²) in [6.07, 6.45) is 4.29. The Morgan fingerprint density at radius 3 is 2.47 bits per heavy atom. The first-order valence-electron chi connectivity index (χ1n) is 6.61. The molecule has 0 aliphatic carbocycles. The second-order valence-electron chi connectivity index (χ2n) is 6.24. The fourth-order valence-corrected chi connectivity index (χ4v) is 2.78. The fraction of sp³-hybridized carbons (Fsp3) is 0.600. The van der Waals surface area contributed by atoms with Crippen LogP contribution in [0.3, 0.4) is 0 Å². The summed E-state index contributed by atoms with van der Waals surface area (Å²) in [4.78, 5) is 25.7. The maximum Gasteiger partial charge on any atom is 0.411 e. The quantitative estimate of drug-likeness (QED) is 0.683. The molecule has 19 heavy (non-hydrogen) atoms. The number of carbonyl (C=O) groups excluding carboxylic acids is 2. The molecule has 0 saturated carbocycles. The summed E-state index contributed by atoms with van der Waals surface area (Å²) in [7, 11) is 0. The molecule has 2 aliphatic rings. The Morgan fingerprint density at radius 2 is 1.95 bits per heavy atom. The van der Waals surface area contributed by atoms with Crippen molar-refractivity contribution in [2.75, 3.05) is 0 Å². The molecule has 0 N–H and O–H groups in total. The van der Waals surface area contributed by atoms with Gasteiger partial charge in [-0.25, -0.2) is 4.79 Å². The molecule has 2 rings (SSSR count). The number of nitrogens with zero attached hydrogens (tertiary/aromatic N) is 1. The van der Waals surface area contributed by atoms with Crippen LogP contribution in [0.25, 0.3) is 0 Å². The molecule has 4 nitrogen and oxygen atoms in total. The van der Waals surface area contributed by atoms with Gasteiger partial charge < -0.3 is 4.74 Å². The lowest BCUT2D eigenvalue weighted by Gasteiger charge is -2.37. The van der Waals surface area contributed by atoms with Crippen molar-refractivity contribution < 1.29 is 14.3 Å². The molecular weight excluding hydrogens is 242 g/mol. The molecule has 104 valence electrons. The van der Waals surface area contributed by atoms with Crippen LogP contribution in [-0.2, 0) is 9.53 Å². The van der Waals surface area contributed by atoms with Crippen LogP contribution < -0.4 is 0 Å². The lowest BCUT2D eigenvalue weighted by atomic mass is 9.91. The normalized spacial score (nSPS) is 25.8. The Morgan fingerprint density at radius 1 is 1.32 bits per heavy atom. The number of hydrogen-bond acceptors (Lipinski definition) is 3. The molecule has 0 spiro atoms. The average Bonchev–Trinajstić information content (AvgIpc) is 2.51. The number of carbonyl (C=O) groups is 2. The molecule has 0 fully saturated rings. The van der Waals surface area contributed by atoms with Crippen molar-refractivity contribution in [1.29, 1.82) is 0 Å². The second kappa shape index (κ2) is 4.51. The molecule has 2 heterocycles. The van der Waals surface area contributed by atoms with E-state index >= 15 is 0 Å². The number of ketones is 1. The smallest absolute Gasteiger partial charge is 0.411 e. The van der Waals surface area contributed by atoms with E-state index in [9.17, 15) is 9.59 Å². The third kappa shape index (κ3) is 2.57. The summed E-state index contributed by atoms with van der Waals surface area (Å²) in [6, 6.07) is -0.242. The summed E-state index contributed by atoms with van der Waals surface area (Å²) in [6.45, 7) is 9.06. The zero-order valence-electron chi connectivity index (χ0n) is 12.2. The van der Waals surface area contributed by atoms with Gasteiger partial charge >= 0.3 is 6.09 Å². The molecule has 0 aromatic heterocycles. The van der Waals surface area contributed by atoms with Crippen LogP contribution in [-0.4, -0.2) is 34.5 Å². The molecular formula is C15H21NO3. The van der Waals surface area contributed by atoms with Gasteiger partial charge in [0.25, 0.3) is 0 Å². The van der Waals surface area contributed by atoms with Gasteiger partial charge in [-0.2, -0.15) is 0 Å². The number of Topliss-reactive ketones (excluding diaryl/α,β-unsaturated/α-hetero) is 1. The third-order valence-electron chi connectivity index (χ3n) is 3.43. The van der Waals surface area contributed by atoms with Gasteiger partial charge in [0.15, 0.2) is 5.78 Å². The van der Waals surface area contributed by atoms with Crippen LogP contribution in [0.2, 0.25) is 0 Å². The molecule has 2 bridgehead atoms. The molecule has 4 heteroatoms. The maximum atomic E-state index is 12.3. The molecule has 2 aliphatic heterocycles. The van der Waals surface area contributed by atoms with Crippen LogP contribution in [0.15, 0.2) is 23.3 Å². The highest BCUT2D eigenvalue weighted by molar-refractivity contribution is 5.97. The van der Waals surface area contributed by atoms with E-state index in [2.05, 4.69) is 0 Å². The summed E-state index contributed by atoms with van der Waals surface area (Å²) in [5.74, 6) is 0.0288. The SMILES string of the molecule is CC(=O)C1=C(C)CC2C=CC1N2C(=O)OC(C)(C)C. The molecule has 2 unspecified atom stereocenters. The Labute approximate surface area is 114 Å². The Bertz CT molecular complexity index is 482. The average molecular weight is 263 g/mol. The van der Waals surface area contributed by atoms with Crippen LogP contribution in [0.5, 0.6) is 0 Å². The molecule has 2 atom stereocenters. The predicted octanol–water partition coefficient (Wildman–Crippen LogP) is 2.84. The molecule has 0 saturated heterocycles. The first-order valence-corrected chi connectivity index (χ1v) is 6.61. The summed E-state index contributed by atoms with van der Waals surface area (Å²) in [5, 5.41) is 0.